The standard InChI is InChI=1S/C46H56O12/c1-10-13-31(48)34-38(52)28(21-27-36(50)26-18-19-45(7,8)58-42(26)35(40(27)54)32(49)14-11-2)37(51)29(39(34)53)22-30-41(55)33(25(6)47)44(57)46(9,43(30)56)20-17-24(5)16-12-15-23(3)4/h15,17-19,50-56H,10-14,16,20-22H2,1-9H3/b24-17+. The molecule has 2 aromatic carbocycles. The molecule has 58 heavy (non-hydrogen) atoms. The van der Waals surface area contributed by atoms with Crippen molar-refractivity contribution in [2.24, 2.45) is 5.41 Å². The third kappa shape index (κ3) is 8.56. The van der Waals surface area contributed by atoms with E-state index in [4.69, 9.17) is 4.74 Å². The maximum Gasteiger partial charge on any atom is 0.183 e. The number of Topliss-reactive ketones (excluding diaryl/α,β-unsaturated/α-hetero) is 4. The number of benzene rings is 2. The first-order valence-electron chi connectivity index (χ1n) is 19.6. The SMILES string of the molecule is CCCC(=O)c1c(O)c(CC2=C(O)C(C)(C/C=C(\C)CCC=C(C)C)C(=O)C(C(C)=O)=C2O)c(O)c(Cc2c(O)c3c(c(C(=O)CCC)c2O)OC(C)(C)C=C3)c1O. The minimum atomic E-state index is -1.77. The topological polar surface area (TPSA) is 219 Å². The van der Waals surface area contributed by atoms with Gasteiger partial charge in [-0.1, -0.05) is 37.1 Å². The summed E-state index contributed by atoms with van der Waals surface area (Å²) in [4.78, 5) is 53.8. The van der Waals surface area contributed by atoms with Gasteiger partial charge in [0.25, 0.3) is 0 Å². The van der Waals surface area contributed by atoms with E-state index in [0.29, 0.717) is 19.3 Å². The molecule has 1 unspecified atom stereocenters. The zero-order chi connectivity index (χ0) is 43.6. The second kappa shape index (κ2) is 17.4. The number of carbonyl (C=O) groups excluding carboxylic acids is 4. The summed E-state index contributed by atoms with van der Waals surface area (Å²) in [6.07, 6.45) is 7.43. The Morgan fingerprint density at radius 3 is 1.79 bits per heavy atom. The lowest BCUT2D eigenvalue weighted by molar-refractivity contribution is -0.127. The van der Waals surface area contributed by atoms with Crippen molar-refractivity contribution >= 4 is 29.2 Å². The number of rotatable bonds is 16. The van der Waals surface area contributed by atoms with Crippen LogP contribution in [0, 0.1) is 5.41 Å². The van der Waals surface area contributed by atoms with Crippen molar-refractivity contribution in [1.29, 1.82) is 0 Å². The lowest BCUT2D eigenvalue weighted by Gasteiger charge is -2.33. The highest BCUT2D eigenvalue weighted by molar-refractivity contribution is 6.23. The predicted octanol–water partition coefficient (Wildman–Crippen LogP) is 9.38. The molecule has 1 aliphatic carbocycles. The van der Waals surface area contributed by atoms with Gasteiger partial charge in [-0.25, -0.2) is 0 Å². The van der Waals surface area contributed by atoms with E-state index < -0.39 is 115 Å². The second-order valence-electron chi connectivity index (χ2n) is 16.3. The van der Waals surface area contributed by atoms with Crippen LogP contribution in [0.3, 0.4) is 0 Å². The van der Waals surface area contributed by atoms with Crippen molar-refractivity contribution in [3.8, 4) is 34.5 Å². The highest BCUT2D eigenvalue weighted by Gasteiger charge is 2.47. The van der Waals surface area contributed by atoms with Crippen LogP contribution in [0.15, 0.2) is 52.0 Å². The van der Waals surface area contributed by atoms with Crippen LogP contribution >= 0.6 is 0 Å². The van der Waals surface area contributed by atoms with Gasteiger partial charge in [-0.2, -0.15) is 0 Å². The number of hydrogen-bond donors (Lipinski definition) is 7. The molecular formula is C46H56O12. The molecule has 4 rings (SSSR count). The third-order valence-electron chi connectivity index (χ3n) is 10.7. The lowest BCUT2D eigenvalue weighted by atomic mass is 9.70. The Hall–Kier alpha value is -5.78. The van der Waals surface area contributed by atoms with Crippen LogP contribution in [0.2, 0.25) is 0 Å². The summed E-state index contributed by atoms with van der Waals surface area (Å²) in [5.41, 5.74) is -3.64. The monoisotopic (exact) mass is 800 g/mol. The van der Waals surface area contributed by atoms with Crippen molar-refractivity contribution < 1.29 is 59.7 Å². The van der Waals surface area contributed by atoms with Crippen LogP contribution in [0.5, 0.6) is 34.5 Å². The number of ether oxygens (including phenoxy) is 1. The molecule has 312 valence electrons. The van der Waals surface area contributed by atoms with E-state index in [1.54, 1.807) is 39.8 Å². The molecule has 2 aromatic rings. The summed E-state index contributed by atoms with van der Waals surface area (Å²) in [7, 11) is 0. The average molecular weight is 801 g/mol. The zero-order valence-electron chi connectivity index (χ0n) is 34.8. The maximum absolute atomic E-state index is 13.9. The largest absolute Gasteiger partial charge is 0.511 e. The lowest BCUT2D eigenvalue weighted by Crippen LogP contribution is -2.38. The number of aliphatic hydroxyl groups excluding tert-OH is 2. The van der Waals surface area contributed by atoms with Gasteiger partial charge < -0.3 is 40.5 Å². The van der Waals surface area contributed by atoms with Crippen LogP contribution in [0.4, 0.5) is 0 Å². The van der Waals surface area contributed by atoms with Gasteiger partial charge in [-0.05, 0) is 92.7 Å². The Labute approximate surface area is 339 Å². The third-order valence-corrected chi connectivity index (χ3v) is 10.7. The van der Waals surface area contributed by atoms with Crippen molar-refractivity contribution in [2.75, 3.05) is 0 Å². The fraction of sp³-hybridized carbons (Fsp3) is 0.435. The van der Waals surface area contributed by atoms with Crippen molar-refractivity contribution in [2.45, 2.75) is 126 Å². The second-order valence-corrected chi connectivity index (χ2v) is 16.3. The first-order valence-corrected chi connectivity index (χ1v) is 19.6. The molecule has 0 saturated heterocycles. The summed E-state index contributed by atoms with van der Waals surface area (Å²) < 4.78 is 6.04. The zero-order valence-corrected chi connectivity index (χ0v) is 34.8. The van der Waals surface area contributed by atoms with Crippen LogP contribution < -0.4 is 4.74 Å². The molecule has 2 aliphatic rings. The van der Waals surface area contributed by atoms with Crippen molar-refractivity contribution in [3.05, 3.63) is 85.4 Å². The van der Waals surface area contributed by atoms with E-state index in [-0.39, 0.29) is 41.7 Å². The van der Waals surface area contributed by atoms with Gasteiger partial charge >= 0.3 is 0 Å². The van der Waals surface area contributed by atoms with Gasteiger partial charge in [-0.3, -0.25) is 19.2 Å². The summed E-state index contributed by atoms with van der Waals surface area (Å²) in [5, 5.41) is 81.6. The minimum Gasteiger partial charge on any atom is -0.511 e. The fourth-order valence-electron chi connectivity index (χ4n) is 7.36. The Morgan fingerprint density at radius 2 is 1.24 bits per heavy atom. The van der Waals surface area contributed by atoms with Gasteiger partial charge in [0, 0.05) is 47.9 Å². The first kappa shape index (κ1) is 44.9. The summed E-state index contributed by atoms with van der Waals surface area (Å²) in [6.45, 7) is 15.2. The molecule has 0 radical (unpaired) electrons. The molecule has 12 nitrogen and oxygen atoms in total. The molecular weight excluding hydrogens is 744 g/mol. The molecule has 0 saturated carbocycles. The number of fused-ring (bicyclic) bond motifs is 1. The van der Waals surface area contributed by atoms with E-state index in [1.165, 1.54) is 13.0 Å². The highest BCUT2D eigenvalue weighted by Crippen LogP contribution is 2.52. The molecule has 0 amide bonds. The predicted molar refractivity (Wildman–Crippen MR) is 220 cm³/mol. The molecule has 1 heterocycles. The van der Waals surface area contributed by atoms with Gasteiger partial charge in [-0.15, -0.1) is 0 Å². The number of hydrogen-bond acceptors (Lipinski definition) is 12. The Morgan fingerprint density at radius 1 is 0.707 bits per heavy atom. The molecule has 0 bridgehead atoms. The van der Waals surface area contributed by atoms with E-state index in [1.807, 2.05) is 20.8 Å². The van der Waals surface area contributed by atoms with Crippen LogP contribution in [0.1, 0.15) is 150 Å². The smallest absolute Gasteiger partial charge is 0.183 e. The Kier molecular flexibility index (Phi) is 13.5. The van der Waals surface area contributed by atoms with Crippen molar-refractivity contribution in [3.63, 3.8) is 0 Å². The first-order chi connectivity index (χ1) is 27.0. The molecule has 0 aromatic heterocycles. The van der Waals surface area contributed by atoms with Gasteiger partial charge in [0.1, 0.15) is 68.3 Å². The number of aromatic hydroxyl groups is 5. The highest BCUT2D eigenvalue weighted by atomic mass is 16.5. The summed E-state index contributed by atoms with van der Waals surface area (Å²) in [6, 6.07) is 0. The van der Waals surface area contributed by atoms with Crippen LogP contribution in [-0.2, 0) is 22.4 Å². The molecule has 0 fully saturated rings. The Balaban J connectivity index is 1.99. The molecule has 0 spiro atoms. The van der Waals surface area contributed by atoms with E-state index >= 15 is 0 Å². The van der Waals surface area contributed by atoms with Gasteiger partial charge in [0.2, 0.25) is 0 Å². The van der Waals surface area contributed by atoms with Gasteiger partial charge in [0.05, 0.1) is 11.0 Å². The number of phenols is 5. The van der Waals surface area contributed by atoms with Crippen LogP contribution in [0.25, 0.3) is 6.08 Å². The van der Waals surface area contributed by atoms with Crippen LogP contribution in [-0.4, -0.2) is 64.5 Å². The van der Waals surface area contributed by atoms with Crippen molar-refractivity contribution in [1.82, 2.24) is 0 Å². The number of ketones is 4. The summed E-state index contributed by atoms with van der Waals surface area (Å²) in [5.74, 6) is -8.28. The quantitative estimate of drug-likeness (QED) is 0.0480. The van der Waals surface area contributed by atoms with E-state index in [0.717, 1.165) is 24.5 Å². The summed E-state index contributed by atoms with van der Waals surface area (Å²) >= 11 is 0. The average Bonchev–Trinajstić information content (AvgIpc) is 3.12. The Bertz CT molecular complexity index is 2220. The number of phenolic OH excluding ortho intramolecular Hbond substituents is 5. The van der Waals surface area contributed by atoms with E-state index in [2.05, 4.69) is 6.08 Å². The minimum absolute atomic E-state index is 0.0117. The number of carbonyl (C=O) groups is 4. The van der Waals surface area contributed by atoms with E-state index in [9.17, 15) is 54.9 Å². The number of allylic oxidation sites excluding steroid dienone is 7. The molecule has 7 N–H and O–H groups in total. The number of aliphatic hydroxyl groups is 2. The van der Waals surface area contributed by atoms with Gasteiger partial charge in [0.15, 0.2) is 23.1 Å². The molecule has 1 aliphatic heterocycles. The molecule has 12 heteroatoms. The molecule has 1 atom stereocenters. The maximum atomic E-state index is 13.9. The fourth-order valence-corrected chi connectivity index (χ4v) is 7.36. The normalized spacial score (nSPS) is 17.6.